The molecule has 1 amide bonds. The first-order valence-electron chi connectivity index (χ1n) is 8.50. The van der Waals surface area contributed by atoms with Crippen molar-refractivity contribution in [3.8, 4) is 11.1 Å². The smallest absolute Gasteiger partial charge is 0.410 e. The first-order chi connectivity index (χ1) is 12.6. The molecule has 0 saturated heterocycles. The van der Waals surface area contributed by atoms with Crippen molar-refractivity contribution < 1.29 is 27.1 Å². The molecule has 2 aromatic rings. The lowest BCUT2D eigenvalue weighted by atomic mass is 9.90. The van der Waals surface area contributed by atoms with Crippen LogP contribution in [0.4, 0.5) is 22.4 Å². The molecule has 0 saturated carbocycles. The Labute approximate surface area is 154 Å². The van der Waals surface area contributed by atoms with Crippen LogP contribution in [-0.2, 0) is 17.7 Å². The first-order valence-corrected chi connectivity index (χ1v) is 8.50. The van der Waals surface area contributed by atoms with E-state index in [1.54, 1.807) is 20.8 Å². The number of rotatable bonds is 1. The largest absolute Gasteiger partial charge is 0.444 e. The van der Waals surface area contributed by atoms with E-state index in [1.165, 1.54) is 11.0 Å². The number of ether oxygens (including phenoxy) is 1. The van der Waals surface area contributed by atoms with Crippen molar-refractivity contribution in [2.24, 2.45) is 0 Å². The molecule has 2 aromatic carbocycles. The summed E-state index contributed by atoms with van der Waals surface area (Å²) in [5.41, 5.74) is -0.489. The summed E-state index contributed by atoms with van der Waals surface area (Å²) in [6, 6.07) is 3.51. The van der Waals surface area contributed by atoms with Crippen LogP contribution in [0.5, 0.6) is 0 Å². The second-order valence-electron chi connectivity index (χ2n) is 7.45. The zero-order chi connectivity index (χ0) is 19.9. The molecule has 3 rings (SSSR count). The van der Waals surface area contributed by atoms with Gasteiger partial charge >= 0.3 is 6.09 Å². The minimum atomic E-state index is -1.09. The fourth-order valence-electron chi connectivity index (χ4n) is 3.15. The van der Waals surface area contributed by atoms with Crippen LogP contribution < -0.4 is 0 Å². The van der Waals surface area contributed by atoms with Crippen LogP contribution in [0.25, 0.3) is 11.1 Å². The molecular weight excluding hydrogens is 362 g/mol. The number of carbonyl (C=O) groups is 1. The van der Waals surface area contributed by atoms with Gasteiger partial charge in [0.05, 0.1) is 5.56 Å². The lowest BCUT2D eigenvalue weighted by Crippen LogP contribution is -2.40. The van der Waals surface area contributed by atoms with Gasteiger partial charge in [-0.1, -0.05) is 6.07 Å². The van der Waals surface area contributed by atoms with Gasteiger partial charge in [0.2, 0.25) is 0 Å². The van der Waals surface area contributed by atoms with Crippen molar-refractivity contribution in [1.82, 2.24) is 4.90 Å². The van der Waals surface area contributed by atoms with E-state index < -0.39 is 40.5 Å². The molecule has 7 heteroatoms. The predicted molar refractivity (Wildman–Crippen MR) is 92.1 cm³/mol. The number of hydrogen-bond acceptors (Lipinski definition) is 2. The minimum Gasteiger partial charge on any atom is -0.444 e. The van der Waals surface area contributed by atoms with Crippen LogP contribution in [0.2, 0.25) is 0 Å². The minimum absolute atomic E-state index is 0.0619. The summed E-state index contributed by atoms with van der Waals surface area (Å²) in [6.07, 6.45) is -0.415. The number of benzene rings is 2. The van der Waals surface area contributed by atoms with Crippen LogP contribution in [0.15, 0.2) is 24.3 Å². The van der Waals surface area contributed by atoms with Gasteiger partial charge in [-0.25, -0.2) is 22.4 Å². The van der Waals surface area contributed by atoms with Gasteiger partial charge < -0.3 is 9.64 Å². The van der Waals surface area contributed by atoms with Gasteiger partial charge in [-0.2, -0.15) is 0 Å². The Morgan fingerprint density at radius 2 is 1.63 bits per heavy atom. The highest BCUT2D eigenvalue weighted by molar-refractivity contribution is 5.73. The Morgan fingerprint density at radius 3 is 2.22 bits per heavy atom. The second-order valence-corrected chi connectivity index (χ2v) is 7.45. The summed E-state index contributed by atoms with van der Waals surface area (Å²) in [6.45, 7) is 5.32. The van der Waals surface area contributed by atoms with Gasteiger partial charge in [0.25, 0.3) is 0 Å². The Balaban J connectivity index is 2.05. The zero-order valence-electron chi connectivity index (χ0n) is 15.2. The second kappa shape index (κ2) is 6.87. The highest BCUT2D eigenvalue weighted by Gasteiger charge is 2.30. The molecule has 0 unspecified atom stereocenters. The number of amides is 1. The molecule has 0 spiro atoms. The quantitative estimate of drug-likeness (QED) is 0.635. The lowest BCUT2D eigenvalue weighted by Gasteiger charge is -2.32. The average molecular weight is 381 g/mol. The van der Waals surface area contributed by atoms with E-state index in [1.807, 2.05) is 0 Å². The summed E-state index contributed by atoms with van der Waals surface area (Å²) < 4.78 is 61.4. The van der Waals surface area contributed by atoms with Crippen LogP contribution in [0.3, 0.4) is 0 Å². The molecule has 1 aliphatic rings. The van der Waals surface area contributed by atoms with E-state index in [9.17, 15) is 22.4 Å². The highest BCUT2D eigenvalue weighted by atomic mass is 19.1. The normalized spacial score (nSPS) is 14.1. The molecule has 0 N–H and O–H groups in total. The molecule has 3 nitrogen and oxygen atoms in total. The molecule has 1 heterocycles. The van der Waals surface area contributed by atoms with Crippen LogP contribution in [0.1, 0.15) is 31.9 Å². The van der Waals surface area contributed by atoms with Crippen molar-refractivity contribution in [3.05, 3.63) is 58.7 Å². The maximum Gasteiger partial charge on any atom is 0.410 e. The molecular formula is C20H19F4NO2. The standard InChI is InChI=1S/C20H19F4NO2/c1-20(2,3)27-19(26)25-7-6-12-14(10-25)13(4-5-15(12)22)18-16(23)8-11(21)9-17(18)24/h4-5,8-9H,6-7,10H2,1-3H3. The Morgan fingerprint density at radius 1 is 1.00 bits per heavy atom. The monoisotopic (exact) mass is 381 g/mol. The van der Waals surface area contributed by atoms with Gasteiger partial charge in [-0.05, 0) is 49.9 Å². The van der Waals surface area contributed by atoms with Crippen molar-refractivity contribution >= 4 is 6.09 Å². The topological polar surface area (TPSA) is 29.5 Å². The van der Waals surface area contributed by atoms with Gasteiger partial charge in [-0.15, -0.1) is 0 Å². The summed E-state index contributed by atoms with van der Waals surface area (Å²) in [7, 11) is 0. The predicted octanol–water partition coefficient (Wildman–Crippen LogP) is 5.20. The maximum absolute atomic E-state index is 14.3. The molecule has 1 aliphatic heterocycles. The Kier molecular flexibility index (Phi) is 4.88. The molecule has 144 valence electrons. The van der Waals surface area contributed by atoms with E-state index in [2.05, 4.69) is 0 Å². The van der Waals surface area contributed by atoms with Crippen LogP contribution in [-0.4, -0.2) is 23.1 Å². The number of halogens is 4. The Bertz CT molecular complexity index is 883. The van der Waals surface area contributed by atoms with E-state index in [-0.39, 0.29) is 36.2 Å². The zero-order valence-corrected chi connectivity index (χ0v) is 15.2. The van der Waals surface area contributed by atoms with E-state index in [0.29, 0.717) is 12.1 Å². The summed E-state index contributed by atoms with van der Waals surface area (Å²) in [5, 5.41) is 0. The van der Waals surface area contributed by atoms with Gasteiger partial charge in [0, 0.05) is 25.2 Å². The highest BCUT2D eigenvalue weighted by Crippen LogP contribution is 2.35. The van der Waals surface area contributed by atoms with Crippen molar-refractivity contribution in [1.29, 1.82) is 0 Å². The molecule has 0 bridgehead atoms. The van der Waals surface area contributed by atoms with Crippen LogP contribution in [0, 0.1) is 23.3 Å². The van der Waals surface area contributed by atoms with E-state index >= 15 is 0 Å². The summed E-state index contributed by atoms with van der Waals surface area (Å²) >= 11 is 0. The van der Waals surface area contributed by atoms with Crippen molar-refractivity contribution in [2.75, 3.05) is 6.54 Å². The van der Waals surface area contributed by atoms with Gasteiger partial charge in [0.1, 0.15) is 28.9 Å². The molecule has 0 aliphatic carbocycles. The number of fused-ring (bicyclic) bond motifs is 1. The van der Waals surface area contributed by atoms with Crippen LogP contribution >= 0.6 is 0 Å². The first kappa shape index (κ1) is 19.2. The maximum atomic E-state index is 14.3. The SMILES string of the molecule is CC(C)(C)OC(=O)N1CCc2c(F)ccc(-c3c(F)cc(F)cc3F)c2C1. The van der Waals surface area contributed by atoms with Crippen molar-refractivity contribution in [3.63, 3.8) is 0 Å². The van der Waals surface area contributed by atoms with Gasteiger partial charge in [0.15, 0.2) is 0 Å². The molecule has 27 heavy (non-hydrogen) atoms. The fraction of sp³-hybridized carbons (Fsp3) is 0.350. The van der Waals surface area contributed by atoms with E-state index in [0.717, 1.165) is 6.07 Å². The lowest BCUT2D eigenvalue weighted by molar-refractivity contribution is 0.0223. The molecule has 0 aromatic heterocycles. The molecule has 0 radical (unpaired) electrons. The third-order valence-corrected chi connectivity index (χ3v) is 4.28. The molecule has 0 fully saturated rings. The van der Waals surface area contributed by atoms with Gasteiger partial charge in [-0.3, -0.25) is 0 Å². The third kappa shape index (κ3) is 3.91. The Hall–Kier alpha value is -2.57. The van der Waals surface area contributed by atoms with E-state index in [4.69, 9.17) is 4.74 Å². The third-order valence-electron chi connectivity index (χ3n) is 4.28. The molecule has 0 atom stereocenters. The number of carbonyl (C=O) groups excluding carboxylic acids is 1. The number of hydrogen-bond donors (Lipinski definition) is 0. The number of nitrogens with zero attached hydrogens (tertiary/aromatic N) is 1. The van der Waals surface area contributed by atoms with Crippen molar-refractivity contribution in [2.45, 2.75) is 39.3 Å². The average Bonchev–Trinajstić information content (AvgIpc) is 2.54. The fourth-order valence-corrected chi connectivity index (χ4v) is 3.15. The summed E-state index contributed by atoms with van der Waals surface area (Å²) in [5.74, 6) is -3.73. The summed E-state index contributed by atoms with van der Waals surface area (Å²) in [4.78, 5) is 13.7.